The highest BCUT2D eigenvalue weighted by Gasteiger charge is 2.05. The summed E-state index contributed by atoms with van der Waals surface area (Å²) in [6.45, 7) is 0.216. The zero-order valence-corrected chi connectivity index (χ0v) is 16.9. The van der Waals surface area contributed by atoms with Gasteiger partial charge >= 0.3 is 0 Å². The summed E-state index contributed by atoms with van der Waals surface area (Å²) in [5.74, 6) is 0.681. The molecule has 3 rings (SSSR count). The molecular weight excluding hydrogens is 438 g/mol. The number of nitrogens with zero attached hydrogens (tertiary/aromatic N) is 1. The second kappa shape index (κ2) is 10.2. The normalized spacial score (nSPS) is 10.7. The van der Waals surface area contributed by atoms with Crippen LogP contribution >= 0.6 is 15.9 Å². The van der Waals surface area contributed by atoms with Gasteiger partial charge in [-0.1, -0.05) is 15.9 Å². The smallest absolute Gasteiger partial charge is 0.271 e. The number of benzene rings is 2. The SMILES string of the molecule is O=C(COc1ccc(C=NNC(=O)c2ccc(Br)cc2)cc1)NCc1ccco1. The first-order chi connectivity index (χ1) is 14.1. The van der Waals surface area contributed by atoms with Crippen molar-refractivity contribution in [2.75, 3.05) is 6.61 Å². The van der Waals surface area contributed by atoms with E-state index in [4.69, 9.17) is 9.15 Å². The molecule has 1 heterocycles. The maximum atomic E-state index is 12.0. The molecule has 3 aromatic rings. The van der Waals surface area contributed by atoms with Crippen LogP contribution in [0.1, 0.15) is 21.7 Å². The van der Waals surface area contributed by atoms with Gasteiger partial charge in [0.25, 0.3) is 11.8 Å². The predicted molar refractivity (Wildman–Crippen MR) is 112 cm³/mol. The van der Waals surface area contributed by atoms with Crippen molar-refractivity contribution >= 4 is 34.0 Å². The molecule has 0 aliphatic heterocycles. The fourth-order valence-electron chi connectivity index (χ4n) is 2.28. The Balaban J connectivity index is 1.42. The number of rotatable bonds is 8. The summed E-state index contributed by atoms with van der Waals surface area (Å²) >= 11 is 3.32. The summed E-state index contributed by atoms with van der Waals surface area (Å²) in [6.07, 6.45) is 3.08. The van der Waals surface area contributed by atoms with Crippen LogP contribution in [0.15, 0.2) is 80.9 Å². The van der Waals surface area contributed by atoms with Crippen molar-refractivity contribution in [3.8, 4) is 5.75 Å². The number of hydrogen-bond donors (Lipinski definition) is 2. The van der Waals surface area contributed by atoms with Gasteiger partial charge in [-0.25, -0.2) is 5.43 Å². The third kappa shape index (κ3) is 6.62. The van der Waals surface area contributed by atoms with Crippen LogP contribution in [-0.4, -0.2) is 24.6 Å². The standard InChI is InChI=1S/C21H18BrN3O4/c22-17-7-5-16(6-8-17)21(27)25-24-12-15-3-9-18(10-4-15)29-14-20(26)23-13-19-2-1-11-28-19/h1-12H,13-14H2,(H,23,26)(H,25,27). The molecule has 0 aliphatic rings. The minimum atomic E-state index is -0.297. The van der Waals surface area contributed by atoms with E-state index in [0.29, 0.717) is 23.6 Å². The Hall–Kier alpha value is -3.39. The lowest BCUT2D eigenvalue weighted by Gasteiger charge is -2.06. The summed E-state index contributed by atoms with van der Waals surface area (Å²) in [5, 5.41) is 6.64. The second-order valence-corrected chi connectivity index (χ2v) is 6.84. The molecule has 0 bridgehead atoms. The zero-order chi connectivity index (χ0) is 20.5. The zero-order valence-electron chi connectivity index (χ0n) is 15.3. The van der Waals surface area contributed by atoms with Gasteiger partial charge in [-0.3, -0.25) is 9.59 Å². The van der Waals surface area contributed by atoms with Crippen LogP contribution in [-0.2, 0) is 11.3 Å². The Morgan fingerprint density at radius 2 is 1.83 bits per heavy atom. The molecular formula is C21H18BrN3O4. The van der Waals surface area contributed by atoms with Gasteiger partial charge in [-0.2, -0.15) is 5.10 Å². The fraction of sp³-hybridized carbons (Fsp3) is 0.0952. The van der Waals surface area contributed by atoms with Crippen molar-refractivity contribution in [1.29, 1.82) is 0 Å². The van der Waals surface area contributed by atoms with E-state index in [1.807, 2.05) is 0 Å². The number of ether oxygens (including phenoxy) is 1. The number of hydrogen-bond acceptors (Lipinski definition) is 5. The van der Waals surface area contributed by atoms with Crippen molar-refractivity contribution < 1.29 is 18.7 Å². The van der Waals surface area contributed by atoms with Crippen LogP contribution < -0.4 is 15.5 Å². The first-order valence-electron chi connectivity index (χ1n) is 8.71. The molecule has 0 unspecified atom stereocenters. The van der Waals surface area contributed by atoms with E-state index < -0.39 is 0 Å². The van der Waals surface area contributed by atoms with Crippen LogP contribution in [0.25, 0.3) is 0 Å². The number of furan rings is 1. The molecule has 0 fully saturated rings. The lowest BCUT2D eigenvalue weighted by atomic mass is 10.2. The Morgan fingerprint density at radius 3 is 2.52 bits per heavy atom. The molecule has 0 saturated heterocycles. The van der Waals surface area contributed by atoms with E-state index >= 15 is 0 Å². The number of halogens is 1. The summed E-state index contributed by atoms with van der Waals surface area (Å²) in [6, 6.07) is 17.5. The molecule has 2 N–H and O–H groups in total. The van der Waals surface area contributed by atoms with Crippen molar-refractivity contribution in [2.24, 2.45) is 5.10 Å². The van der Waals surface area contributed by atoms with Gasteiger partial charge in [0.05, 0.1) is 19.0 Å². The molecule has 0 saturated carbocycles. The number of amides is 2. The molecule has 2 amide bonds. The highest BCUT2D eigenvalue weighted by Crippen LogP contribution is 2.12. The second-order valence-electron chi connectivity index (χ2n) is 5.92. The van der Waals surface area contributed by atoms with E-state index in [9.17, 15) is 9.59 Å². The van der Waals surface area contributed by atoms with Gasteiger partial charge < -0.3 is 14.5 Å². The van der Waals surface area contributed by atoms with Gasteiger partial charge in [0.15, 0.2) is 6.61 Å². The van der Waals surface area contributed by atoms with Gasteiger partial charge in [0, 0.05) is 10.0 Å². The summed E-state index contributed by atoms with van der Waals surface area (Å²) in [5.41, 5.74) is 3.76. The van der Waals surface area contributed by atoms with Crippen molar-refractivity contribution in [2.45, 2.75) is 6.54 Å². The van der Waals surface area contributed by atoms with Gasteiger partial charge in [0.1, 0.15) is 11.5 Å². The van der Waals surface area contributed by atoms with Crippen molar-refractivity contribution in [1.82, 2.24) is 10.7 Å². The average molecular weight is 456 g/mol. The van der Waals surface area contributed by atoms with Gasteiger partial charge in [-0.05, 0) is 66.2 Å². The summed E-state index contributed by atoms with van der Waals surface area (Å²) < 4.78 is 11.5. The molecule has 0 spiro atoms. The molecule has 1 aromatic heterocycles. The highest BCUT2D eigenvalue weighted by molar-refractivity contribution is 9.10. The largest absolute Gasteiger partial charge is 0.484 e. The topological polar surface area (TPSA) is 92.9 Å². The minimum absolute atomic E-state index is 0.0998. The van der Waals surface area contributed by atoms with Crippen molar-refractivity contribution in [3.05, 3.63) is 88.3 Å². The monoisotopic (exact) mass is 455 g/mol. The molecule has 148 valence electrons. The molecule has 0 atom stereocenters. The third-order valence-electron chi connectivity index (χ3n) is 3.78. The lowest BCUT2D eigenvalue weighted by Crippen LogP contribution is -2.28. The first-order valence-corrected chi connectivity index (χ1v) is 9.50. The molecule has 2 aromatic carbocycles. The molecule has 0 aliphatic carbocycles. The maximum absolute atomic E-state index is 12.0. The van der Waals surface area contributed by atoms with Crippen LogP contribution in [0.2, 0.25) is 0 Å². The Kier molecular flexibility index (Phi) is 7.18. The highest BCUT2D eigenvalue weighted by atomic mass is 79.9. The molecule has 8 heteroatoms. The Morgan fingerprint density at radius 1 is 1.07 bits per heavy atom. The van der Waals surface area contributed by atoms with E-state index in [0.717, 1.165) is 10.0 Å². The van der Waals surface area contributed by atoms with E-state index in [-0.39, 0.29) is 18.4 Å². The van der Waals surface area contributed by atoms with E-state index in [1.165, 1.54) is 6.21 Å². The quantitative estimate of drug-likeness (QED) is 0.401. The number of carbonyl (C=O) groups excluding carboxylic acids is 2. The predicted octanol–water partition coefficient (Wildman–Crippen LogP) is 3.50. The number of carbonyl (C=O) groups is 2. The Labute approximate surface area is 175 Å². The first kappa shape index (κ1) is 20.3. The lowest BCUT2D eigenvalue weighted by molar-refractivity contribution is -0.123. The van der Waals surface area contributed by atoms with Crippen LogP contribution in [0, 0.1) is 0 Å². The van der Waals surface area contributed by atoms with E-state index in [1.54, 1.807) is 66.9 Å². The maximum Gasteiger partial charge on any atom is 0.271 e. The van der Waals surface area contributed by atoms with Crippen LogP contribution in [0.3, 0.4) is 0 Å². The Bertz CT molecular complexity index is 968. The van der Waals surface area contributed by atoms with Gasteiger partial charge in [-0.15, -0.1) is 0 Å². The van der Waals surface area contributed by atoms with Crippen molar-refractivity contribution in [3.63, 3.8) is 0 Å². The minimum Gasteiger partial charge on any atom is -0.484 e. The van der Waals surface area contributed by atoms with Gasteiger partial charge in [0.2, 0.25) is 0 Å². The summed E-state index contributed by atoms with van der Waals surface area (Å²) in [4.78, 5) is 23.8. The molecule has 0 radical (unpaired) electrons. The summed E-state index contributed by atoms with van der Waals surface area (Å²) in [7, 11) is 0. The average Bonchev–Trinajstić information content (AvgIpc) is 3.26. The fourth-order valence-corrected chi connectivity index (χ4v) is 2.54. The number of nitrogens with one attached hydrogen (secondary N) is 2. The van der Waals surface area contributed by atoms with Crippen LogP contribution in [0.5, 0.6) is 5.75 Å². The third-order valence-corrected chi connectivity index (χ3v) is 4.30. The van der Waals surface area contributed by atoms with E-state index in [2.05, 4.69) is 31.8 Å². The molecule has 7 nitrogen and oxygen atoms in total. The van der Waals surface area contributed by atoms with Crippen LogP contribution in [0.4, 0.5) is 0 Å². The molecule has 29 heavy (non-hydrogen) atoms. The number of hydrazone groups is 1.